The molecule has 0 amide bonds. The van der Waals surface area contributed by atoms with Crippen LogP contribution in [0, 0.1) is 10.1 Å². The standard InChI is InChI=1S/C16H14N4O3/c1-19(2)14-8-7-10(20(22)23)9-12(14)15-17-13-6-4-3-5-11(13)16(21)18-15/h3-9H,1-2H3,(H,17,18,21). The Morgan fingerprint density at radius 3 is 2.61 bits per heavy atom. The fourth-order valence-corrected chi connectivity index (χ4v) is 2.43. The molecule has 1 heterocycles. The molecule has 0 aliphatic rings. The number of hydrogen-bond donors (Lipinski definition) is 1. The summed E-state index contributed by atoms with van der Waals surface area (Å²) >= 11 is 0. The van der Waals surface area contributed by atoms with Gasteiger partial charge in [0, 0.05) is 37.5 Å². The van der Waals surface area contributed by atoms with E-state index in [1.807, 2.05) is 19.0 Å². The first-order valence-electron chi connectivity index (χ1n) is 6.92. The van der Waals surface area contributed by atoms with Crippen molar-refractivity contribution in [3.63, 3.8) is 0 Å². The molecule has 1 N–H and O–H groups in total. The Kier molecular flexibility index (Phi) is 3.53. The van der Waals surface area contributed by atoms with Gasteiger partial charge < -0.3 is 9.88 Å². The van der Waals surface area contributed by atoms with Gasteiger partial charge in [-0.3, -0.25) is 14.9 Å². The molecule has 0 spiro atoms. The number of nitrogens with zero attached hydrogens (tertiary/aromatic N) is 3. The second-order valence-corrected chi connectivity index (χ2v) is 5.28. The van der Waals surface area contributed by atoms with E-state index in [1.165, 1.54) is 12.1 Å². The van der Waals surface area contributed by atoms with Crippen molar-refractivity contribution in [2.75, 3.05) is 19.0 Å². The maximum atomic E-state index is 12.2. The third-order valence-corrected chi connectivity index (χ3v) is 3.54. The van der Waals surface area contributed by atoms with Crippen LogP contribution >= 0.6 is 0 Å². The molecule has 0 atom stereocenters. The average molecular weight is 310 g/mol. The lowest BCUT2D eigenvalue weighted by Gasteiger charge is -2.16. The smallest absolute Gasteiger partial charge is 0.270 e. The minimum Gasteiger partial charge on any atom is -0.377 e. The molecule has 3 rings (SSSR count). The second-order valence-electron chi connectivity index (χ2n) is 5.28. The van der Waals surface area contributed by atoms with Crippen LogP contribution in [0.4, 0.5) is 11.4 Å². The van der Waals surface area contributed by atoms with Gasteiger partial charge in [-0.05, 0) is 18.2 Å². The molecule has 0 radical (unpaired) electrons. The van der Waals surface area contributed by atoms with Crippen LogP contribution in [0.1, 0.15) is 0 Å². The summed E-state index contributed by atoms with van der Waals surface area (Å²) < 4.78 is 0. The van der Waals surface area contributed by atoms with Gasteiger partial charge in [0.2, 0.25) is 0 Å². The number of fused-ring (bicyclic) bond motifs is 1. The molecule has 7 heteroatoms. The van der Waals surface area contributed by atoms with Crippen molar-refractivity contribution in [2.24, 2.45) is 0 Å². The summed E-state index contributed by atoms with van der Waals surface area (Å²) in [5.74, 6) is 0.307. The number of anilines is 1. The van der Waals surface area contributed by atoms with E-state index in [9.17, 15) is 14.9 Å². The first kappa shape index (κ1) is 14.7. The zero-order valence-corrected chi connectivity index (χ0v) is 12.6. The Hall–Kier alpha value is -3.22. The highest BCUT2D eigenvalue weighted by Gasteiger charge is 2.16. The number of aromatic nitrogens is 2. The largest absolute Gasteiger partial charge is 0.377 e. The minimum absolute atomic E-state index is 0.0543. The van der Waals surface area contributed by atoms with E-state index in [-0.39, 0.29) is 11.2 Å². The lowest BCUT2D eigenvalue weighted by atomic mass is 10.1. The number of nitro groups is 1. The average Bonchev–Trinajstić information content (AvgIpc) is 2.54. The minimum atomic E-state index is -0.470. The number of non-ortho nitro benzene ring substituents is 1. The Balaban J connectivity index is 2.30. The fraction of sp³-hybridized carbons (Fsp3) is 0.125. The van der Waals surface area contributed by atoms with Crippen molar-refractivity contribution >= 4 is 22.3 Å². The van der Waals surface area contributed by atoms with Crippen molar-refractivity contribution < 1.29 is 4.92 Å². The number of aromatic amines is 1. The molecule has 0 aliphatic heterocycles. The molecular weight excluding hydrogens is 296 g/mol. The van der Waals surface area contributed by atoms with Crippen LogP contribution in [-0.2, 0) is 0 Å². The molecule has 0 saturated heterocycles. The van der Waals surface area contributed by atoms with Crippen molar-refractivity contribution in [1.29, 1.82) is 0 Å². The fourth-order valence-electron chi connectivity index (χ4n) is 2.43. The monoisotopic (exact) mass is 310 g/mol. The predicted octanol–water partition coefficient (Wildman–Crippen LogP) is 2.56. The number of nitro benzene ring substituents is 1. The quantitative estimate of drug-likeness (QED) is 0.593. The normalized spacial score (nSPS) is 10.7. The molecule has 116 valence electrons. The van der Waals surface area contributed by atoms with Crippen molar-refractivity contribution in [1.82, 2.24) is 9.97 Å². The highest BCUT2D eigenvalue weighted by Crippen LogP contribution is 2.31. The number of H-pyrrole nitrogens is 1. The zero-order valence-electron chi connectivity index (χ0n) is 12.6. The molecule has 0 unspecified atom stereocenters. The molecule has 0 fully saturated rings. The van der Waals surface area contributed by atoms with E-state index >= 15 is 0 Å². The van der Waals surface area contributed by atoms with E-state index in [2.05, 4.69) is 9.97 Å². The first-order chi connectivity index (χ1) is 11.0. The van der Waals surface area contributed by atoms with E-state index in [1.54, 1.807) is 30.3 Å². The first-order valence-corrected chi connectivity index (χ1v) is 6.92. The van der Waals surface area contributed by atoms with Crippen molar-refractivity contribution in [3.8, 4) is 11.4 Å². The van der Waals surface area contributed by atoms with Crippen molar-refractivity contribution in [3.05, 3.63) is 62.9 Å². The summed E-state index contributed by atoms with van der Waals surface area (Å²) in [4.78, 5) is 31.8. The summed E-state index contributed by atoms with van der Waals surface area (Å²) in [6.45, 7) is 0. The highest BCUT2D eigenvalue weighted by molar-refractivity contribution is 5.82. The van der Waals surface area contributed by atoms with E-state index < -0.39 is 4.92 Å². The maximum absolute atomic E-state index is 12.2. The topological polar surface area (TPSA) is 92.1 Å². The zero-order chi connectivity index (χ0) is 16.6. The van der Waals surface area contributed by atoms with Crippen LogP contribution in [0.5, 0.6) is 0 Å². The van der Waals surface area contributed by atoms with E-state index in [0.29, 0.717) is 22.3 Å². The van der Waals surface area contributed by atoms with Gasteiger partial charge >= 0.3 is 0 Å². The molecule has 3 aromatic rings. The molecule has 1 aromatic heterocycles. The summed E-state index contributed by atoms with van der Waals surface area (Å²) in [6, 6.07) is 11.5. The molecule has 0 saturated carbocycles. The van der Waals surface area contributed by atoms with Gasteiger partial charge in [-0.1, -0.05) is 12.1 Å². The van der Waals surface area contributed by atoms with Gasteiger partial charge in [0.15, 0.2) is 0 Å². The predicted molar refractivity (Wildman–Crippen MR) is 88.8 cm³/mol. The maximum Gasteiger partial charge on any atom is 0.270 e. The Bertz CT molecular complexity index is 963. The SMILES string of the molecule is CN(C)c1ccc([N+](=O)[O-])cc1-c1nc2ccccc2c(=O)[nH]1. The number of para-hydroxylation sites is 1. The Morgan fingerprint density at radius 2 is 1.91 bits per heavy atom. The van der Waals surface area contributed by atoms with Gasteiger partial charge in [-0.25, -0.2) is 4.98 Å². The van der Waals surface area contributed by atoms with Crippen molar-refractivity contribution in [2.45, 2.75) is 0 Å². The molecular formula is C16H14N4O3. The number of hydrogen-bond acceptors (Lipinski definition) is 5. The second kappa shape index (κ2) is 5.53. The van der Waals surface area contributed by atoms with Gasteiger partial charge in [0.25, 0.3) is 11.2 Å². The number of rotatable bonds is 3. The van der Waals surface area contributed by atoms with Gasteiger partial charge in [0.05, 0.1) is 15.8 Å². The molecule has 2 aromatic carbocycles. The highest BCUT2D eigenvalue weighted by atomic mass is 16.6. The van der Waals surface area contributed by atoms with Crippen LogP contribution < -0.4 is 10.5 Å². The molecule has 0 aliphatic carbocycles. The Labute approximate surface area is 131 Å². The third kappa shape index (κ3) is 2.64. The summed E-state index contributed by atoms with van der Waals surface area (Å²) in [5, 5.41) is 11.5. The van der Waals surface area contributed by atoms with Gasteiger partial charge in [-0.15, -0.1) is 0 Å². The molecule has 0 bridgehead atoms. The summed E-state index contributed by atoms with van der Waals surface area (Å²) in [6.07, 6.45) is 0. The van der Waals surface area contributed by atoms with E-state index in [4.69, 9.17) is 0 Å². The summed E-state index contributed by atoms with van der Waals surface area (Å²) in [7, 11) is 3.65. The third-order valence-electron chi connectivity index (χ3n) is 3.54. The lowest BCUT2D eigenvalue weighted by molar-refractivity contribution is -0.384. The molecule has 7 nitrogen and oxygen atoms in total. The van der Waals surface area contributed by atoms with Gasteiger partial charge in [-0.2, -0.15) is 0 Å². The van der Waals surface area contributed by atoms with Crippen LogP contribution in [-0.4, -0.2) is 29.0 Å². The van der Waals surface area contributed by atoms with Crippen LogP contribution in [0.3, 0.4) is 0 Å². The summed E-state index contributed by atoms with van der Waals surface area (Å²) in [5.41, 5.74) is 1.45. The number of nitrogens with one attached hydrogen (secondary N) is 1. The van der Waals surface area contributed by atoms with Crippen LogP contribution in [0.25, 0.3) is 22.3 Å². The van der Waals surface area contributed by atoms with Crippen LogP contribution in [0.15, 0.2) is 47.3 Å². The van der Waals surface area contributed by atoms with Gasteiger partial charge in [0.1, 0.15) is 5.82 Å². The van der Waals surface area contributed by atoms with Crippen LogP contribution in [0.2, 0.25) is 0 Å². The number of benzene rings is 2. The molecule has 23 heavy (non-hydrogen) atoms. The lowest BCUT2D eigenvalue weighted by Crippen LogP contribution is -2.13. The van der Waals surface area contributed by atoms with E-state index in [0.717, 1.165) is 5.69 Å². The Morgan fingerprint density at radius 1 is 1.17 bits per heavy atom.